The Bertz CT molecular complexity index is 776. The maximum absolute atomic E-state index is 13.2. The summed E-state index contributed by atoms with van der Waals surface area (Å²) in [6.07, 6.45) is 9.05. The predicted octanol–water partition coefficient (Wildman–Crippen LogP) is 3.17. The lowest BCUT2D eigenvalue weighted by molar-refractivity contribution is -0.137. The van der Waals surface area contributed by atoms with E-state index in [-0.39, 0.29) is 18.5 Å². The van der Waals surface area contributed by atoms with Crippen LogP contribution in [0.1, 0.15) is 56.6 Å². The number of urea groups is 1. The molecule has 0 atom stereocenters. The molecular formula is C23H34N4O3. The van der Waals surface area contributed by atoms with Crippen LogP contribution in [-0.4, -0.2) is 70.7 Å². The van der Waals surface area contributed by atoms with E-state index in [1.54, 1.807) is 0 Å². The van der Waals surface area contributed by atoms with Gasteiger partial charge in [0.1, 0.15) is 5.82 Å². The Balaban J connectivity index is 1.36. The molecule has 2 aliphatic heterocycles. The van der Waals surface area contributed by atoms with Gasteiger partial charge in [-0.05, 0) is 74.6 Å². The Morgan fingerprint density at radius 1 is 1.10 bits per heavy atom. The van der Waals surface area contributed by atoms with Crippen molar-refractivity contribution in [3.63, 3.8) is 0 Å². The highest BCUT2D eigenvalue weighted by molar-refractivity contribution is 5.93. The van der Waals surface area contributed by atoms with Crippen LogP contribution in [0.25, 0.3) is 0 Å². The number of carbonyl (C=O) groups excluding carboxylic acids is 1. The first-order chi connectivity index (χ1) is 14.5. The van der Waals surface area contributed by atoms with Gasteiger partial charge in [-0.2, -0.15) is 0 Å². The lowest BCUT2D eigenvalue weighted by Gasteiger charge is -2.34. The number of carboxylic acid groups (broad SMARTS) is 1. The van der Waals surface area contributed by atoms with E-state index >= 15 is 0 Å². The number of carbonyl (C=O) groups is 2. The molecule has 30 heavy (non-hydrogen) atoms. The molecule has 1 aromatic heterocycles. The molecule has 2 amide bonds. The van der Waals surface area contributed by atoms with Crippen molar-refractivity contribution >= 4 is 17.8 Å². The topological polar surface area (TPSA) is 77.0 Å². The summed E-state index contributed by atoms with van der Waals surface area (Å²) < 4.78 is 0. The Morgan fingerprint density at radius 3 is 2.53 bits per heavy atom. The van der Waals surface area contributed by atoms with Gasteiger partial charge in [-0.15, -0.1) is 0 Å². The van der Waals surface area contributed by atoms with Gasteiger partial charge in [-0.25, -0.2) is 9.78 Å². The van der Waals surface area contributed by atoms with E-state index in [2.05, 4.69) is 22.9 Å². The standard InChI is InChI=1S/C23H34N4O3/c1-2-25-11-9-18-15-21(24-16-19(18)10-12-25)27-14-13-26(23(27)30)20-6-3-17(4-7-20)5-8-22(28)29/h15-17,20H,2-14H2,1H3,(H,28,29)/t17-,20-. The number of nitrogens with zero attached hydrogens (tertiary/aromatic N) is 4. The molecule has 0 bridgehead atoms. The number of anilines is 1. The Hall–Kier alpha value is -2.15. The summed E-state index contributed by atoms with van der Waals surface area (Å²) in [5.41, 5.74) is 2.65. The van der Waals surface area contributed by atoms with Gasteiger partial charge in [-0.3, -0.25) is 9.69 Å². The molecular weight excluding hydrogens is 380 g/mol. The van der Waals surface area contributed by atoms with Crippen LogP contribution in [0.3, 0.4) is 0 Å². The second-order valence-electron chi connectivity index (χ2n) is 8.98. The highest BCUT2D eigenvalue weighted by Gasteiger charge is 2.37. The van der Waals surface area contributed by atoms with E-state index in [0.717, 1.165) is 76.9 Å². The van der Waals surface area contributed by atoms with Crippen LogP contribution < -0.4 is 4.90 Å². The second kappa shape index (κ2) is 9.33. The minimum absolute atomic E-state index is 0.0836. The zero-order valence-electron chi connectivity index (χ0n) is 18.1. The van der Waals surface area contributed by atoms with Crippen LogP contribution in [0.5, 0.6) is 0 Å². The van der Waals surface area contributed by atoms with Gasteiger partial charge in [-0.1, -0.05) is 6.92 Å². The molecule has 1 aromatic rings. The monoisotopic (exact) mass is 414 g/mol. The van der Waals surface area contributed by atoms with E-state index in [1.807, 2.05) is 16.0 Å². The van der Waals surface area contributed by atoms with Gasteiger partial charge in [0.05, 0.1) is 0 Å². The fraction of sp³-hybridized carbons (Fsp3) is 0.696. The molecule has 0 unspecified atom stereocenters. The Kier molecular flexibility index (Phi) is 6.56. The molecule has 0 radical (unpaired) electrons. The summed E-state index contributed by atoms with van der Waals surface area (Å²) >= 11 is 0. The molecule has 3 aliphatic rings. The third-order valence-corrected chi connectivity index (χ3v) is 7.25. The summed E-state index contributed by atoms with van der Waals surface area (Å²) in [5.74, 6) is 0.569. The second-order valence-corrected chi connectivity index (χ2v) is 8.98. The molecule has 0 spiro atoms. The highest BCUT2D eigenvalue weighted by atomic mass is 16.4. The van der Waals surface area contributed by atoms with Gasteiger partial charge in [0.15, 0.2) is 0 Å². The summed E-state index contributed by atoms with van der Waals surface area (Å²) in [4.78, 5) is 35.0. The van der Waals surface area contributed by atoms with Gasteiger partial charge in [0.2, 0.25) is 0 Å². The highest BCUT2D eigenvalue weighted by Crippen LogP contribution is 2.33. The molecule has 1 N–H and O–H groups in total. The van der Waals surface area contributed by atoms with Crippen molar-refractivity contribution in [3.05, 3.63) is 23.4 Å². The van der Waals surface area contributed by atoms with Crippen molar-refractivity contribution in [2.24, 2.45) is 5.92 Å². The number of rotatable bonds is 6. The molecule has 7 heteroatoms. The lowest BCUT2D eigenvalue weighted by atomic mass is 9.83. The molecule has 1 saturated carbocycles. The van der Waals surface area contributed by atoms with Crippen molar-refractivity contribution in [3.8, 4) is 0 Å². The van der Waals surface area contributed by atoms with E-state index < -0.39 is 5.97 Å². The van der Waals surface area contributed by atoms with Crippen LogP contribution in [0.2, 0.25) is 0 Å². The van der Waals surface area contributed by atoms with Crippen molar-refractivity contribution in [2.75, 3.05) is 37.6 Å². The van der Waals surface area contributed by atoms with E-state index in [0.29, 0.717) is 12.5 Å². The summed E-state index contributed by atoms with van der Waals surface area (Å²) in [5, 5.41) is 8.89. The normalized spacial score (nSPS) is 25.3. The number of aromatic nitrogens is 1. The number of likely N-dealkylation sites (N-methyl/N-ethyl adjacent to an activating group) is 1. The largest absolute Gasteiger partial charge is 0.481 e. The van der Waals surface area contributed by atoms with Gasteiger partial charge in [0.25, 0.3) is 0 Å². The first-order valence-electron chi connectivity index (χ1n) is 11.5. The van der Waals surface area contributed by atoms with Gasteiger partial charge in [0, 0.05) is 44.8 Å². The molecule has 0 aromatic carbocycles. The van der Waals surface area contributed by atoms with Crippen LogP contribution in [-0.2, 0) is 17.6 Å². The minimum atomic E-state index is -0.710. The van der Waals surface area contributed by atoms with Gasteiger partial charge < -0.3 is 14.9 Å². The van der Waals surface area contributed by atoms with Crippen molar-refractivity contribution in [1.29, 1.82) is 0 Å². The van der Waals surface area contributed by atoms with Crippen molar-refractivity contribution < 1.29 is 14.7 Å². The predicted molar refractivity (Wildman–Crippen MR) is 116 cm³/mol. The van der Waals surface area contributed by atoms with Crippen molar-refractivity contribution in [1.82, 2.24) is 14.8 Å². The fourth-order valence-electron chi connectivity index (χ4n) is 5.28. The number of amides is 2. The summed E-state index contributed by atoms with van der Waals surface area (Å²) in [6.45, 7) is 6.88. The number of carboxylic acids is 1. The minimum Gasteiger partial charge on any atom is -0.481 e. The number of pyridine rings is 1. The molecule has 4 rings (SSSR count). The van der Waals surface area contributed by atoms with E-state index in [4.69, 9.17) is 5.11 Å². The quantitative estimate of drug-likeness (QED) is 0.774. The van der Waals surface area contributed by atoms with Crippen LogP contribution >= 0.6 is 0 Å². The molecule has 2 fully saturated rings. The molecule has 1 aliphatic carbocycles. The van der Waals surface area contributed by atoms with Crippen LogP contribution in [0.4, 0.5) is 10.6 Å². The lowest BCUT2D eigenvalue weighted by Crippen LogP contribution is -2.41. The third kappa shape index (κ3) is 4.61. The maximum atomic E-state index is 13.2. The zero-order chi connectivity index (χ0) is 21.1. The third-order valence-electron chi connectivity index (χ3n) is 7.25. The molecule has 3 heterocycles. The van der Waals surface area contributed by atoms with Gasteiger partial charge >= 0.3 is 12.0 Å². The summed E-state index contributed by atoms with van der Waals surface area (Å²) in [7, 11) is 0. The number of aliphatic carboxylic acids is 1. The fourth-order valence-corrected chi connectivity index (χ4v) is 5.28. The molecule has 7 nitrogen and oxygen atoms in total. The average Bonchev–Trinajstić information content (AvgIpc) is 3.01. The Labute approximate surface area is 179 Å². The van der Waals surface area contributed by atoms with Crippen molar-refractivity contribution in [2.45, 2.75) is 64.3 Å². The molecule has 1 saturated heterocycles. The zero-order valence-corrected chi connectivity index (χ0v) is 18.1. The SMILES string of the molecule is CCN1CCc2cnc(N3CCN([C@H]4CC[C@H](CCC(=O)O)CC4)C3=O)cc2CC1. The summed E-state index contributed by atoms with van der Waals surface area (Å²) in [6, 6.07) is 2.50. The number of fused-ring (bicyclic) bond motifs is 1. The van der Waals surface area contributed by atoms with Crippen LogP contribution in [0.15, 0.2) is 12.3 Å². The first kappa shape index (κ1) is 21.1. The van der Waals surface area contributed by atoms with Crippen LogP contribution in [0, 0.1) is 5.92 Å². The number of hydrogen-bond acceptors (Lipinski definition) is 4. The molecule has 164 valence electrons. The Morgan fingerprint density at radius 2 is 1.83 bits per heavy atom. The number of hydrogen-bond donors (Lipinski definition) is 1. The van der Waals surface area contributed by atoms with E-state index in [9.17, 15) is 9.59 Å². The smallest absolute Gasteiger partial charge is 0.326 e. The van der Waals surface area contributed by atoms with E-state index in [1.165, 1.54) is 11.1 Å². The average molecular weight is 415 g/mol. The first-order valence-corrected chi connectivity index (χ1v) is 11.5. The maximum Gasteiger partial charge on any atom is 0.326 e.